The van der Waals surface area contributed by atoms with E-state index in [0.717, 1.165) is 21.9 Å². The van der Waals surface area contributed by atoms with Crippen LogP contribution in [-0.4, -0.2) is 10.2 Å². The van der Waals surface area contributed by atoms with Crippen molar-refractivity contribution < 1.29 is 0 Å². The Hall–Kier alpha value is -0.710. The lowest BCUT2D eigenvalue weighted by atomic mass is 9.75. The minimum atomic E-state index is 0.0868. The van der Waals surface area contributed by atoms with Crippen LogP contribution in [0.2, 0.25) is 5.02 Å². The van der Waals surface area contributed by atoms with Crippen LogP contribution in [0, 0.1) is 17.8 Å². The smallest absolute Gasteiger partial charge is 0.305 e. The monoisotopic (exact) mass is 349 g/mol. The zero-order chi connectivity index (χ0) is 14.8. The highest BCUT2D eigenvalue weighted by atomic mass is 35.5. The Kier molecular flexibility index (Phi) is 3.05. The average Bonchev–Trinajstić information content (AvgIpc) is 3.19. The molecule has 0 spiro atoms. The maximum Gasteiger partial charge on any atom is 0.305 e. The number of rotatable bonds is 1. The second-order valence-electron chi connectivity index (χ2n) is 6.73. The molecule has 1 aromatic heterocycles. The van der Waals surface area contributed by atoms with Crippen LogP contribution in [0.3, 0.4) is 0 Å². The molecule has 0 radical (unpaired) electrons. The van der Waals surface area contributed by atoms with E-state index in [1.54, 1.807) is 0 Å². The summed E-state index contributed by atoms with van der Waals surface area (Å²) in [5, 5.41) is 2.59. The third-order valence-electron chi connectivity index (χ3n) is 5.69. The van der Waals surface area contributed by atoms with Gasteiger partial charge in [-0.15, -0.1) is 11.8 Å². The number of fused-ring (bicyclic) bond motifs is 6. The van der Waals surface area contributed by atoms with Gasteiger partial charge in [0.1, 0.15) is 0 Å². The molecule has 2 saturated carbocycles. The SMILES string of the molecule is O=c1[nH]c2c(s1)[C@H](c1ccc(Cl)cc1)[C@@H]1[C@H]3CC[C@@H](C3)[C@@H]1S2. The van der Waals surface area contributed by atoms with Crippen molar-refractivity contribution in [2.45, 2.75) is 35.5 Å². The summed E-state index contributed by atoms with van der Waals surface area (Å²) in [6, 6.07) is 8.27. The molecule has 114 valence electrons. The molecule has 5 heteroatoms. The number of aromatic nitrogens is 1. The Bertz CT molecular complexity index is 781. The van der Waals surface area contributed by atoms with Gasteiger partial charge in [-0.3, -0.25) is 4.79 Å². The van der Waals surface area contributed by atoms with E-state index in [-0.39, 0.29) is 4.87 Å². The van der Waals surface area contributed by atoms with Crippen LogP contribution in [0.15, 0.2) is 34.1 Å². The lowest BCUT2D eigenvalue weighted by molar-refractivity contribution is 0.307. The van der Waals surface area contributed by atoms with E-state index in [1.807, 2.05) is 23.9 Å². The first-order valence-corrected chi connectivity index (χ1v) is 9.93. The second-order valence-corrected chi connectivity index (χ2v) is 9.37. The highest BCUT2D eigenvalue weighted by molar-refractivity contribution is 8.00. The van der Waals surface area contributed by atoms with E-state index < -0.39 is 0 Å². The summed E-state index contributed by atoms with van der Waals surface area (Å²) in [5.74, 6) is 2.72. The molecule has 2 fully saturated rings. The van der Waals surface area contributed by atoms with Crippen molar-refractivity contribution in [3.8, 4) is 0 Å². The molecule has 0 amide bonds. The molecule has 2 nitrogen and oxygen atoms in total. The number of hydrogen-bond acceptors (Lipinski definition) is 3. The van der Waals surface area contributed by atoms with Crippen molar-refractivity contribution in [2.24, 2.45) is 17.8 Å². The third-order valence-corrected chi connectivity index (χ3v) is 8.57. The first-order valence-electron chi connectivity index (χ1n) is 7.86. The molecule has 22 heavy (non-hydrogen) atoms. The van der Waals surface area contributed by atoms with E-state index in [2.05, 4.69) is 17.1 Å². The maximum absolute atomic E-state index is 11.9. The van der Waals surface area contributed by atoms with Crippen molar-refractivity contribution >= 4 is 34.7 Å². The highest BCUT2D eigenvalue weighted by Gasteiger charge is 2.54. The number of hydrogen-bond donors (Lipinski definition) is 1. The number of thiazole rings is 1. The van der Waals surface area contributed by atoms with Gasteiger partial charge in [-0.2, -0.15) is 0 Å². The Balaban J connectivity index is 1.68. The van der Waals surface area contributed by atoms with E-state index in [1.165, 1.54) is 41.0 Å². The fourth-order valence-electron chi connectivity index (χ4n) is 4.89. The van der Waals surface area contributed by atoms with Gasteiger partial charge in [0, 0.05) is 21.1 Å². The molecule has 5 rings (SSSR count). The van der Waals surface area contributed by atoms with Gasteiger partial charge < -0.3 is 4.98 Å². The fraction of sp³-hybridized carbons (Fsp3) is 0.471. The van der Waals surface area contributed by atoms with Crippen LogP contribution in [0.25, 0.3) is 0 Å². The lowest BCUT2D eigenvalue weighted by Crippen LogP contribution is -2.33. The van der Waals surface area contributed by atoms with Crippen molar-refractivity contribution in [3.05, 3.63) is 49.4 Å². The molecule has 2 bridgehead atoms. The molecular formula is C17H16ClNOS2. The van der Waals surface area contributed by atoms with Crippen LogP contribution < -0.4 is 4.87 Å². The van der Waals surface area contributed by atoms with Gasteiger partial charge in [0.2, 0.25) is 0 Å². The van der Waals surface area contributed by atoms with E-state index >= 15 is 0 Å². The standard InChI is InChI=1S/C17H16ClNOS2/c18-11-5-3-8(4-6-11)12-13-9-1-2-10(7-9)14(13)21-16-15(12)22-17(20)19-16/h3-6,9-10,12-14H,1-2,7H2,(H,19,20)/t9-,10-,12+,13-,14-/m0/s1. The summed E-state index contributed by atoms with van der Waals surface area (Å²) in [5.41, 5.74) is 1.32. The lowest BCUT2D eigenvalue weighted by Gasteiger charge is -2.40. The van der Waals surface area contributed by atoms with E-state index in [0.29, 0.717) is 17.1 Å². The summed E-state index contributed by atoms with van der Waals surface area (Å²) >= 11 is 9.42. The van der Waals surface area contributed by atoms with Crippen molar-refractivity contribution in [3.63, 3.8) is 0 Å². The third kappa shape index (κ3) is 1.90. The van der Waals surface area contributed by atoms with Crippen LogP contribution in [0.1, 0.15) is 35.6 Å². The molecule has 1 aliphatic heterocycles. The van der Waals surface area contributed by atoms with Gasteiger partial charge in [0.15, 0.2) is 0 Å². The quantitative estimate of drug-likeness (QED) is 0.806. The average molecular weight is 350 g/mol. The van der Waals surface area contributed by atoms with Crippen molar-refractivity contribution in [1.29, 1.82) is 0 Å². The van der Waals surface area contributed by atoms with Crippen molar-refractivity contribution in [2.75, 3.05) is 0 Å². The Labute approximate surface area is 142 Å². The maximum atomic E-state index is 11.9. The Morgan fingerprint density at radius 3 is 2.73 bits per heavy atom. The first-order chi connectivity index (χ1) is 10.7. The van der Waals surface area contributed by atoms with Gasteiger partial charge in [-0.05, 0) is 54.7 Å². The summed E-state index contributed by atoms with van der Waals surface area (Å²) < 4.78 is 0. The molecule has 0 saturated heterocycles. The van der Waals surface area contributed by atoms with Crippen LogP contribution in [-0.2, 0) is 0 Å². The molecule has 2 aromatic rings. The fourth-order valence-corrected chi connectivity index (χ4v) is 7.91. The van der Waals surface area contributed by atoms with E-state index in [9.17, 15) is 4.79 Å². The molecule has 1 N–H and O–H groups in total. The summed E-state index contributed by atoms with van der Waals surface area (Å²) in [4.78, 5) is 16.3. The predicted octanol–water partition coefficient (Wildman–Crippen LogP) is 4.74. The topological polar surface area (TPSA) is 32.9 Å². The minimum absolute atomic E-state index is 0.0868. The first kappa shape index (κ1) is 13.7. The van der Waals surface area contributed by atoms with Crippen LogP contribution in [0.4, 0.5) is 0 Å². The number of aromatic amines is 1. The number of nitrogens with one attached hydrogen (secondary N) is 1. The summed E-state index contributed by atoms with van der Waals surface area (Å²) in [6.45, 7) is 0. The molecule has 2 heterocycles. The number of benzene rings is 1. The number of H-pyrrole nitrogens is 1. The zero-order valence-corrected chi connectivity index (χ0v) is 14.3. The molecule has 0 unspecified atom stereocenters. The Morgan fingerprint density at radius 2 is 1.91 bits per heavy atom. The molecular weight excluding hydrogens is 334 g/mol. The highest BCUT2D eigenvalue weighted by Crippen LogP contribution is 2.63. The van der Waals surface area contributed by atoms with Crippen LogP contribution >= 0.6 is 34.7 Å². The van der Waals surface area contributed by atoms with Gasteiger partial charge in [-0.1, -0.05) is 35.1 Å². The number of halogens is 1. The van der Waals surface area contributed by atoms with Crippen LogP contribution in [0.5, 0.6) is 0 Å². The molecule has 5 atom stereocenters. The predicted molar refractivity (Wildman–Crippen MR) is 92.2 cm³/mol. The molecule has 3 aliphatic rings. The van der Waals surface area contributed by atoms with Gasteiger partial charge in [-0.25, -0.2) is 0 Å². The second kappa shape index (κ2) is 4.89. The van der Waals surface area contributed by atoms with Crippen molar-refractivity contribution in [1.82, 2.24) is 4.98 Å². The van der Waals surface area contributed by atoms with Gasteiger partial charge >= 0.3 is 4.87 Å². The molecule has 2 aliphatic carbocycles. The normalized spacial score (nSPS) is 35.4. The number of thioether (sulfide) groups is 1. The zero-order valence-electron chi connectivity index (χ0n) is 11.9. The van der Waals surface area contributed by atoms with Gasteiger partial charge in [0.25, 0.3) is 0 Å². The minimum Gasteiger partial charge on any atom is -0.307 e. The largest absolute Gasteiger partial charge is 0.307 e. The van der Waals surface area contributed by atoms with Gasteiger partial charge in [0.05, 0.1) is 5.03 Å². The Morgan fingerprint density at radius 1 is 1.14 bits per heavy atom. The molecule has 1 aromatic carbocycles. The van der Waals surface area contributed by atoms with E-state index in [4.69, 9.17) is 11.6 Å². The summed E-state index contributed by atoms with van der Waals surface area (Å²) in [7, 11) is 0. The summed E-state index contributed by atoms with van der Waals surface area (Å²) in [6.07, 6.45) is 4.12.